The molecule has 2 heterocycles. The Hall–Kier alpha value is -2.45. The van der Waals surface area contributed by atoms with E-state index < -0.39 is 0 Å². The molecule has 0 radical (unpaired) electrons. The summed E-state index contributed by atoms with van der Waals surface area (Å²) in [4.78, 5) is 6.04. The Morgan fingerprint density at radius 2 is 2.05 bits per heavy atom. The second-order valence-electron chi connectivity index (χ2n) is 5.03. The summed E-state index contributed by atoms with van der Waals surface area (Å²) in [5, 5.41) is 8.72. The Bertz CT molecular complexity index is 663. The van der Waals surface area contributed by atoms with Crippen LogP contribution in [0.4, 0.5) is 4.39 Å². The van der Waals surface area contributed by atoms with E-state index in [0.29, 0.717) is 17.7 Å². The molecule has 0 unspecified atom stereocenters. The van der Waals surface area contributed by atoms with Crippen molar-refractivity contribution < 1.29 is 9.13 Å². The zero-order chi connectivity index (χ0) is 14.7. The summed E-state index contributed by atoms with van der Waals surface area (Å²) >= 11 is 0. The first-order valence-electron chi connectivity index (χ1n) is 6.72. The number of benzene rings is 1. The number of likely N-dealkylation sites (tertiary alicyclic amines) is 1. The molecule has 5 heteroatoms. The Morgan fingerprint density at radius 3 is 2.71 bits per heavy atom. The molecule has 4 nitrogen and oxygen atoms in total. The molecule has 21 heavy (non-hydrogen) atoms. The summed E-state index contributed by atoms with van der Waals surface area (Å²) in [7, 11) is 0. The number of halogens is 1. The fraction of sp³-hybridized carbons (Fsp3) is 0.250. The standard InChI is InChI=1S/C16H14FN3O/c17-16-7-12(8-18)1-2-13(16)9-20-10-15(11-20)21-14-3-5-19-6-4-14/h1-7,15H,9-11H2. The van der Waals surface area contributed by atoms with E-state index >= 15 is 0 Å². The fourth-order valence-corrected chi connectivity index (χ4v) is 2.32. The highest BCUT2D eigenvalue weighted by Crippen LogP contribution is 2.20. The van der Waals surface area contributed by atoms with E-state index in [1.807, 2.05) is 18.2 Å². The van der Waals surface area contributed by atoms with Crippen molar-refractivity contribution in [3.8, 4) is 11.8 Å². The van der Waals surface area contributed by atoms with Gasteiger partial charge >= 0.3 is 0 Å². The van der Waals surface area contributed by atoms with Crippen molar-refractivity contribution in [2.24, 2.45) is 0 Å². The minimum Gasteiger partial charge on any atom is -0.488 e. The van der Waals surface area contributed by atoms with Crippen molar-refractivity contribution in [3.63, 3.8) is 0 Å². The highest BCUT2D eigenvalue weighted by molar-refractivity contribution is 5.33. The second kappa shape index (κ2) is 5.90. The monoisotopic (exact) mass is 283 g/mol. The lowest BCUT2D eigenvalue weighted by Gasteiger charge is -2.39. The average molecular weight is 283 g/mol. The number of nitrogens with zero attached hydrogens (tertiary/aromatic N) is 3. The summed E-state index contributed by atoms with van der Waals surface area (Å²) in [5.41, 5.74) is 0.954. The summed E-state index contributed by atoms with van der Waals surface area (Å²) in [6.07, 6.45) is 3.52. The number of rotatable bonds is 4. The first kappa shape index (κ1) is 13.5. The van der Waals surface area contributed by atoms with Gasteiger partial charge in [-0.1, -0.05) is 6.07 Å². The minimum absolute atomic E-state index is 0.133. The molecule has 0 aliphatic carbocycles. The maximum atomic E-state index is 13.8. The number of pyridine rings is 1. The number of ether oxygens (including phenoxy) is 1. The highest BCUT2D eigenvalue weighted by Gasteiger charge is 2.28. The topological polar surface area (TPSA) is 49.2 Å². The third-order valence-electron chi connectivity index (χ3n) is 3.45. The van der Waals surface area contributed by atoms with Gasteiger partial charge in [-0.15, -0.1) is 0 Å². The summed E-state index contributed by atoms with van der Waals surface area (Å²) < 4.78 is 19.6. The van der Waals surface area contributed by atoms with E-state index in [2.05, 4.69) is 9.88 Å². The van der Waals surface area contributed by atoms with Crippen molar-refractivity contribution in [2.45, 2.75) is 12.6 Å². The quantitative estimate of drug-likeness (QED) is 0.864. The molecule has 1 aliphatic heterocycles. The molecule has 2 aromatic rings. The van der Waals surface area contributed by atoms with Crippen molar-refractivity contribution in [3.05, 3.63) is 59.7 Å². The molecule has 1 aromatic heterocycles. The lowest BCUT2D eigenvalue weighted by Crippen LogP contribution is -2.53. The van der Waals surface area contributed by atoms with Gasteiger partial charge in [-0.3, -0.25) is 9.88 Å². The third kappa shape index (κ3) is 3.18. The van der Waals surface area contributed by atoms with E-state index in [0.717, 1.165) is 18.8 Å². The molecule has 106 valence electrons. The molecule has 3 rings (SSSR count). The molecule has 1 saturated heterocycles. The average Bonchev–Trinajstić information content (AvgIpc) is 2.47. The van der Waals surface area contributed by atoms with E-state index in [9.17, 15) is 4.39 Å². The van der Waals surface area contributed by atoms with Gasteiger partial charge in [-0.05, 0) is 24.3 Å². The molecular weight excluding hydrogens is 269 g/mol. The van der Waals surface area contributed by atoms with Crippen LogP contribution in [0.2, 0.25) is 0 Å². The van der Waals surface area contributed by atoms with Crippen LogP contribution in [0.25, 0.3) is 0 Å². The number of hydrogen-bond donors (Lipinski definition) is 0. The van der Waals surface area contributed by atoms with Crippen LogP contribution in [0, 0.1) is 17.1 Å². The van der Waals surface area contributed by atoms with Crippen LogP contribution in [0.15, 0.2) is 42.7 Å². The second-order valence-corrected chi connectivity index (χ2v) is 5.03. The molecule has 0 saturated carbocycles. The molecule has 1 aliphatic rings. The van der Waals surface area contributed by atoms with Gasteiger partial charge < -0.3 is 4.74 Å². The van der Waals surface area contributed by atoms with Crippen molar-refractivity contribution in [1.82, 2.24) is 9.88 Å². The zero-order valence-corrected chi connectivity index (χ0v) is 11.4. The predicted molar refractivity (Wildman–Crippen MR) is 75.0 cm³/mol. The first-order valence-corrected chi connectivity index (χ1v) is 6.72. The molecule has 1 fully saturated rings. The van der Waals surface area contributed by atoms with Gasteiger partial charge in [0.05, 0.1) is 11.6 Å². The van der Waals surface area contributed by atoms with E-state index in [-0.39, 0.29) is 11.9 Å². The Morgan fingerprint density at radius 1 is 1.29 bits per heavy atom. The van der Waals surface area contributed by atoms with Gasteiger partial charge in [0.1, 0.15) is 17.7 Å². The normalized spacial score (nSPS) is 15.2. The van der Waals surface area contributed by atoms with Crippen LogP contribution in [0.5, 0.6) is 5.75 Å². The minimum atomic E-state index is -0.326. The van der Waals surface area contributed by atoms with Gasteiger partial charge in [-0.25, -0.2) is 4.39 Å². The van der Waals surface area contributed by atoms with E-state index in [1.165, 1.54) is 6.07 Å². The summed E-state index contributed by atoms with van der Waals surface area (Å²) in [5.74, 6) is 0.478. The first-order chi connectivity index (χ1) is 10.2. The Labute approximate surface area is 122 Å². The number of aromatic nitrogens is 1. The molecule has 0 N–H and O–H groups in total. The number of nitriles is 1. The molecule has 0 atom stereocenters. The predicted octanol–water partition coefficient (Wildman–Crippen LogP) is 2.36. The maximum Gasteiger partial charge on any atom is 0.129 e. The highest BCUT2D eigenvalue weighted by atomic mass is 19.1. The summed E-state index contributed by atoms with van der Waals surface area (Å²) in [6, 6.07) is 10.2. The molecule has 1 aromatic carbocycles. The van der Waals surface area contributed by atoms with Gasteiger partial charge in [0.25, 0.3) is 0 Å². The van der Waals surface area contributed by atoms with Crippen LogP contribution >= 0.6 is 0 Å². The lowest BCUT2D eigenvalue weighted by atomic mass is 10.1. The fourth-order valence-electron chi connectivity index (χ4n) is 2.32. The molecular formula is C16H14FN3O. The molecule has 0 amide bonds. The van der Waals surface area contributed by atoms with Gasteiger partial charge in [0, 0.05) is 37.6 Å². The van der Waals surface area contributed by atoms with E-state index in [4.69, 9.17) is 10.00 Å². The lowest BCUT2D eigenvalue weighted by molar-refractivity contribution is 0.0139. The molecule has 0 bridgehead atoms. The van der Waals surface area contributed by atoms with Crippen LogP contribution in [0.1, 0.15) is 11.1 Å². The van der Waals surface area contributed by atoms with Gasteiger partial charge in [0.15, 0.2) is 0 Å². The van der Waals surface area contributed by atoms with Crippen LogP contribution in [-0.2, 0) is 6.54 Å². The zero-order valence-electron chi connectivity index (χ0n) is 11.4. The largest absolute Gasteiger partial charge is 0.488 e. The maximum absolute atomic E-state index is 13.8. The van der Waals surface area contributed by atoms with Gasteiger partial charge in [-0.2, -0.15) is 5.26 Å². The number of hydrogen-bond acceptors (Lipinski definition) is 4. The van der Waals surface area contributed by atoms with Gasteiger partial charge in [0.2, 0.25) is 0 Å². The summed E-state index contributed by atoms with van der Waals surface area (Å²) in [6.45, 7) is 2.07. The third-order valence-corrected chi connectivity index (χ3v) is 3.45. The van der Waals surface area contributed by atoms with Crippen LogP contribution < -0.4 is 4.74 Å². The van der Waals surface area contributed by atoms with E-state index in [1.54, 1.807) is 24.5 Å². The van der Waals surface area contributed by atoms with Crippen molar-refractivity contribution >= 4 is 0 Å². The smallest absolute Gasteiger partial charge is 0.129 e. The van der Waals surface area contributed by atoms with Crippen molar-refractivity contribution in [2.75, 3.05) is 13.1 Å². The Kier molecular flexibility index (Phi) is 3.80. The van der Waals surface area contributed by atoms with Crippen LogP contribution in [-0.4, -0.2) is 29.1 Å². The van der Waals surface area contributed by atoms with Crippen molar-refractivity contribution in [1.29, 1.82) is 5.26 Å². The Balaban J connectivity index is 1.52. The molecule has 0 spiro atoms. The SMILES string of the molecule is N#Cc1ccc(CN2CC(Oc3ccncc3)C2)c(F)c1. The van der Waals surface area contributed by atoms with Crippen LogP contribution in [0.3, 0.4) is 0 Å².